The van der Waals surface area contributed by atoms with E-state index in [0.717, 1.165) is 4.31 Å². The molecule has 3 atom stereocenters. The largest absolute Gasteiger partial charge is 0.506 e. The Kier molecular flexibility index (Phi) is 5.24. The minimum atomic E-state index is -1.93. The predicted octanol–water partition coefficient (Wildman–Crippen LogP) is 0.314. The number of H-pyrrole nitrogens is 1. The molecule has 1 saturated carbocycles. The lowest BCUT2D eigenvalue weighted by molar-refractivity contribution is -0.119. The molecular weight excluding hydrogens is 377 g/mol. The molecule has 0 aliphatic heterocycles. The molecule has 1 aromatic carbocycles. The Hall–Kier alpha value is -2.79. The number of aromatic nitrogens is 2. The summed E-state index contributed by atoms with van der Waals surface area (Å²) in [5.74, 6) is -2.08. The van der Waals surface area contributed by atoms with E-state index in [2.05, 4.69) is 14.9 Å². The van der Waals surface area contributed by atoms with Gasteiger partial charge in [0.15, 0.2) is 17.0 Å². The summed E-state index contributed by atoms with van der Waals surface area (Å²) in [5.41, 5.74) is 5.86. The molecule has 144 valence electrons. The smallest absolute Gasteiger partial charge is 0.221 e. The van der Waals surface area contributed by atoms with Gasteiger partial charge in [0.05, 0.1) is 12.2 Å². The molecule has 0 bridgehead atoms. The van der Waals surface area contributed by atoms with Crippen molar-refractivity contribution in [3.63, 3.8) is 0 Å². The molecule has 5 N–H and O–H groups in total. The fourth-order valence-electron chi connectivity index (χ4n) is 2.93. The Morgan fingerprint density at radius 1 is 1.59 bits per heavy atom. The summed E-state index contributed by atoms with van der Waals surface area (Å²) < 4.78 is 30.5. The van der Waals surface area contributed by atoms with Gasteiger partial charge in [-0.1, -0.05) is 0 Å². The molecule has 27 heavy (non-hydrogen) atoms. The van der Waals surface area contributed by atoms with Gasteiger partial charge in [-0.05, 0) is 31.7 Å². The van der Waals surface area contributed by atoms with Gasteiger partial charge in [-0.3, -0.25) is 14.2 Å². The lowest BCUT2D eigenvalue weighted by Gasteiger charge is -2.22. The van der Waals surface area contributed by atoms with Gasteiger partial charge in [0.25, 0.3) is 0 Å². The molecule has 1 amide bonds. The van der Waals surface area contributed by atoms with Gasteiger partial charge in [-0.2, -0.15) is 5.10 Å². The summed E-state index contributed by atoms with van der Waals surface area (Å²) in [7, 11) is 1.37. The van der Waals surface area contributed by atoms with Gasteiger partial charge in [0, 0.05) is 23.1 Å². The van der Waals surface area contributed by atoms with Crippen molar-refractivity contribution in [2.45, 2.75) is 12.3 Å². The molecule has 1 heterocycles. The molecule has 2 aromatic rings. The van der Waals surface area contributed by atoms with Crippen molar-refractivity contribution in [2.24, 2.45) is 11.7 Å². The lowest BCUT2D eigenvalue weighted by atomic mass is 10.1. The second-order valence-corrected chi connectivity index (χ2v) is 7.38. The molecule has 3 rings (SSSR count). The summed E-state index contributed by atoms with van der Waals surface area (Å²) in [6.45, 7) is -0.393. The van der Waals surface area contributed by atoms with E-state index in [1.54, 1.807) is 6.07 Å². The number of benzene rings is 1. The van der Waals surface area contributed by atoms with E-state index in [-0.39, 0.29) is 28.8 Å². The van der Waals surface area contributed by atoms with Crippen molar-refractivity contribution in [3.8, 4) is 17.0 Å². The van der Waals surface area contributed by atoms with Crippen molar-refractivity contribution >= 4 is 29.1 Å². The molecule has 1 aromatic heterocycles. The maximum atomic E-state index is 15.1. The van der Waals surface area contributed by atoms with Crippen LogP contribution in [0.2, 0.25) is 0 Å². The van der Waals surface area contributed by atoms with Gasteiger partial charge in [-0.15, -0.1) is 0 Å². The lowest BCUT2D eigenvalue weighted by Crippen LogP contribution is -2.35. The molecule has 3 unspecified atom stereocenters. The van der Waals surface area contributed by atoms with Crippen LogP contribution in [0.5, 0.6) is 5.75 Å². The van der Waals surface area contributed by atoms with E-state index in [1.807, 2.05) is 0 Å². The zero-order chi connectivity index (χ0) is 19.7. The van der Waals surface area contributed by atoms with E-state index in [9.17, 15) is 18.9 Å². The number of amides is 1. The van der Waals surface area contributed by atoms with Crippen LogP contribution >= 0.6 is 0 Å². The van der Waals surface area contributed by atoms with Crippen LogP contribution < -0.4 is 14.8 Å². The van der Waals surface area contributed by atoms with Crippen LogP contribution in [-0.2, 0) is 20.8 Å². The van der Waals surface area contributed by atoms with Crippen LogP contribution in [-0.4, -0.2) is 45.3 Å². The van der Waals surface area contributed by atoms with Crippen molar-refractivity contribution in [2.75, 3.05) is 17.9 Å². The van der Waals surface area contributed by atoms with Gasteiger partial charge < -0.3 is 15.6 Å². The number of carbonyl (C=O) groups is 2. The van der Waals surface area contributed by atoms with E-state index in [0.29, 0.717) is 18.4 Å². The van der Waals surface area contributed by atoms with Crippen LogP contribution in [0.25, 0.3) is 11.3 Å². The van der Waals surface area contributed by atoms with E-state index < -0.39 is 35.2 Å². The average Bonchev–Trinajstić information content (AvgIpc) is 3.31. The number of aromatic amines is 1. The average molecular weight is 395 g/mol. The van der Waals surface area contributed by atoms with Crippen molar-refractivity contribution in [3.05, 3.63) is 29.7 Å². The quantitative estimate of drug-likeness (QED) is 0.476. The molecule has 1 fully saturated rings. The highest BCUT2D eigenvalue weighted by atomic mass is 32.2. The Morgan fingerprint density at radius 3 is 2.93 bits per heavy atom. The van der Waals surface area contributed by atoms with Crippen LogP contribution in [0.3, 0.4) is 0 Å². The summed E-state index contributed by atoms with van der Waals surface area (Å²) in [6.07, 6.45) is 1.05. The second kappa shape index (κ2) is 7.45. The number of phenolic OH excluding ortho intramolecular Hbond substituents is 1. The topological polar surface area (TPSA) is 141 Å². The predicted molar refractivity (Wildman–Crippen MR) is 96.3 cm³/mol. The normalized spacial score (nSPS) is 19.5. The Balaban J connectivity index is 1.98. The van der Waals surface area contributed by atoms with Crippen molar-refractivity contribution in [1.82, 2.24) is 14.9 Å². The molecular formula is C16H18FN5O4S. The Morgan fingerprint density at radius 2 is 2.33 bits per heavy atom. The number of halogens is 1. The number of hydrogen-bond donors (Lipinski definition) is 4. The highest BCUT2D eigenvalue weighted by Gasteiger charge is 2.44. The molecule has 0 radical (unpaired) electrons. The fourth-order valence-corrected chi connectivity index (χ4v) is 3.68. The molecule has 0 spiro atoms. The first-order chi connectivity index (χ1) is 12.9. The standard InChI is InChI=1S/C16H18FN5O4S/c1-19-27(26)22(4-5-23)15-13(24)3-2-8(14(15)17)11-7-12(21-20-11)9-6-10(9)16(18)25/h2-3,5,7,9-10,19,24H,4,6H2,1H3,(H2,18,25)(H,20,21). The zero-order valence-corrected chi connectivity index (χ0v) is 15.1. The van der Waals surface area contributed by atoms with Gasteiger partial charge >= 0.3 is 0 Å². The molecule has 1 aliphatic carbocycles. The number of aldehydes is 1. The number of anilines is 1. The minimum Gasteiger partial charge on any atom is -0.506 e. The third-order valence-corrected chi connectivity index (χ3v) is 5.47. The maximum Gasteiger partial charge on any atom is 0.221 e. The maximum absolute atomic E-state index is 15.1. The molecule has 1 aliphatic rings. The number of rotatable bonds is 8. The zero-order valence-electron chi connectivity index (χ0n) is 14.3. The minimum absolute atomic E-state index is 0.0468. The number of nitrogens with zero attached hydrogens (tertiary/aromatic N) is 2. The van der Waals surface area contributed by atoms with Gasteiger partial charge in [-0.25, -0.2) is 13.3 Å². The van der Waals surface area contributed by atoms with E-state index >= 15 is 4.39 Å². The van der Waals surface area contributed by atoms with Crippen molar-refractivity contribution < 1.29 is 23.3 Å². The second-order valence-electron chi connectivity index (χ2n) is 6.04. The van der Waals surface area contributed by atoms with E-state index in [1.165, 1.54) is 19.2 Å². The van der Waals surface area contributed by atoms with Gasteiger partial charge in [0.1, 0.15) is 17.7 Å². The van der Waals surface area contributed by atoms with Crippen LogP contribution in [0.15, 0.2) is 18.2 Å². The molecule has 11 heteroatoms. The first kappa shape index (κ1) is 19.0. The summed E-state index contributed by atoms with van der Waals surface area (Å²) in [4.78, 5) is 22.1. The van der Waals surface area contributed by atoms with Crippen LogP contribution in [0, 0.1) is 11.7 Å². The van der Waals surface area contributed by atoms with Gasteiger partial charge in [0.2, 0.25) is 5.91 Å². The first-order valence-electron chi connectivity index (χ1n) is 8.05. The van der Waals surface area contributed by atoms with Crippen LogP contribution in [0.1, 0.15) is 18.0 Å². The fraction of sp³-hybridized carbons (Fsp3) is 0.312. The number of carbonyl (C=O) groups excluding carboxylic acids is 2. The number of phenols is 1. The Labute approximate surface area is 156 Å². The van der Waals surface area contributed by atoms with E-state index in [4.69, 9.17) is 5.73 Å². The highest BCUT2D eigenvalue weighted by Crippen LogP contribution is 2.47. The third kappa shape index (κ3) is 3.55. The summed E-state index contributed by atoms with van der Waals surface area (Å²) in [5, 5.41) is 16.9. The number of aromatic hydroxyl groups is 1. The number of primary amides is 1. The Bertz CT molecular complexity index is 918. The number of hydrogen-bond acceptors (Lipinski definition) is 5. The third-order valence-electron chi connectivity index (χ3n) is 4.39. The highest BCUT2D eigenvalue weighted by molar-refractivity contribution is 7.84. The monoisotopic (exact) mass is 395 g/mol. The number of nitrogens with one attached hydrogen (secondary N) is 2. The summed E-state index contributed by atoms with van der Waals surface area (Å²) >= 11 is -1.93. The number of nitrogens with two attached hydrogens (primary N) is 1. The summed E-state index contributed by atoms with van der Waals surface area (Å²) in [6, 6.07) is 4.16. The SMILES string of the molecule is CNS(=O)N(CC=O)c1c(O)ccc(-c2cc(C3CC3C(N)=O)[nH]n2)c1F. The van der Waals surface area contributed by atoms with Crippen LogP contribution in [0.4, 0.5) is 10.1 Å². The first-order valence-corrected chi connectivity index (χ1v) is 9.16. The molecule has 0 saturated heterocycles. The molecule has 9 nitrogen and oxygen atoms in total. The van der Waals surface area contributed by atoms with Crippen molar-refractivity contribution in [1.29, 1.82) is 0 Å².